The summed E-state index contributed by atoms with van der Waals surface area (Å²) >= 11 is 0. The van der Waals surface area contributed by atoms with Crippen molar-refractivity contribution in [2.45, 2.75) is 39.7 Å². The molecule has 0 bridgehead atoms. The largest absolute Gasteiger partial charge is 0.481 e. The van der Waals surface area contributed by atoms with Crippen molar-refractivity contribution in [2.75, 3.05) is 11.9 Å². The average molecular weight is 354 g/mol. The van der Waals surface area contributed by atoms with Gasteiger partial charge in [-0.05, 0) is 56.7 Å². The number of hydrogen-bond donors (Lipinski definition) is 2. The highest BCUT2D eigenvalue weighted by atomic mass is 16.5. The molecule has 5 nitrogen and oxygen atoms in total. The second-order valence-electron chi connectivity index (χ2n) is 6.25. The summed E-state index contributed by atoms with van der Waals surface area (Å²) in [7, 11) is 0. The summed E-state index contributed by atoms with van der Waals surface area (Å²) in [6.45, 7) is 6.44. The van der Waals surface area contributed by atoms with Gasteiger partial charge in [-0.1, -0.05) is 31.0 Å². The third-order valence-corrected chi connectivity index (χ3v) is 3.93. The molecule has 5 heteroatoms. The van der Waals surface area contributed by atoms with E-state index in [2.05, 4.69) is 17.6 Å². The van der Waals surface area contributed by atoms with Crippen LogP contribution in [0.3, 0.4) is 0 Å². The fraction of sp³-hybridized carbons (Fsp3) is 0.333. The standard InChI is InChI=1S/C21H26N2O3/c1-4-5-14-22-21(25)17-8-10-18(11-9-17)23-20(24)16(3)26-19-12-6-15(2)7-13-19/h6-13,16H,4-5,14H2,1-3H3,(H,22,25)(H,23,24). The third-order valence-electron chi connectivity index (χ3n) is 3.93. The molecule has 0 saturated heterocycles. The van der Waals surface area contributed by atoms with Crippen LogP contribution >= 0.6 is 0 Å². The Hall–Kier alpha value is -2.82. The minimum atomic E-state index is -0.630. The zero-order valence-corrected chi connectivity index (χ0v) is 15.5. The van der Waals surface area contributed by atoms with Crippen molar-refractivity contribution in [3.05, 3.63) is 59.7 Å². The summed E-state index contributed by atoms with van der Waals surface area (Å²) in [6, 6.07) is 14.4. The first kappa shape index (κ1) is 19.5. The molecule has 0 aliphatic heterocycles. The maximum Gasteiger partial charge on any atom is 0.265 e. The molecule has 0 aliphatic rings. The molecule has 2 N–H and O–H groups in total. The summed E-state index contributed by atoms with van der Waals surface area (Å²) < 4.78 is 5.64. The van der Waals surface area contributed by atoms with Crippen LogP contribution in [0.1, 0.15) is 42.6 Å². The van der Waals surface area contributed by atoms with Crippen molar-refractivity contribution in [2.24, 2.45) is 0 Å². The summed E-state index contributed by atoms with van der Waals surface area (Å²) in [5.41, 5.74) is 2.33. The van der Waals surface area contributed by atoms with Gasteiger partial charge >= 0.3 is 0 Å². The van der Waals surface area contributed by atoms with Crippen LogP contribution in [-0.2, 0) is 4.79 Å². The van der Waals surface area contributed by atoms with Gasteiger partial charge in [-0.3, -0.25) is 9.59 Å². The van der Waals surface area contributed by atoms with Gasteiger partial charge in [-0.25, -0.2) is 0 Å². The van der Waals surface area contributed by atoms with E-state index in [9.17, 15) is 9.59 Å². The van der Waals surface area contributed by atoms with Gasteiger partial charge in [0, 0.05) is 17.8 Å². The lowest BCUT2D eigenvalue weighted by atomic mass is 10.2. The Kier molecular flexibility index (Phi) is 7.21. The van der Waals surface area contributed by atoms with E-state index in [0.29, 0.717) is 23.5 Å². The van der Waals surface area contributed by atoms with Crippen LogP contribution in [0, 0.1) is 6.92 Å². The number of rotatable bonds is 8. The van der Waals surface area contributed by atoms with E-state index < -0.39 is 6.10 Å². The van der Waals surface area contributed by atoms with Crippen LogP contribution in [0.15, 0.2) is 48.5 Å². The molecule has 2 amide bonds. The van der Waals surface area contributed by atoms with Gasteiger partial charge in [0.15, 0.2) is 6.10 Å². The molecule has 2 aromatic carbocycles. The molecule has 0 fully saturated rings. The molecule has 2 aromatic rings. The van der Waals surface area contributed by atoms with E-state index >= 15 is 0 Å². The molecule has 138 valence electrons. The molecule has 0 radical (unpaired) electrons. The number of aryl methyl sites for hydroxylation is 1. The number of amides is 2. The van der Waals surface area contributed by atoms with Gasteiger partial charge in [-0.15, -0.1) is 0 Å². The van der Waals surface area contributed by atoms with Crippen molar-refractivity contribution in [3.8, 4) is 5.75 Å². The topological polar surface area (TPSA) is 67.4 Å². The van der Waals surface area contributed by atoms with Gasteiger partial charge in [0.05, 0.1) is 0 Å². The predicted octanol–water partition coefficient (Wildman–Crippen LogP) is 3.93. The third kappa shape index (κ3) is 5.92. The van der Waals surface area contributed by atoms with Crippen LogP contribution in [0.2, 0.25) is 0 Å². The Morgan fingerprint density at radius 2 is 1.69 bits per heavy atom. The van der Waals surface area contributed by atoms with E-state index in [4.69, 9.17) is 4.74 Å². The molecule has 1 atom stereocenters. The highest BCUT2D eigenvalue weighted by Gasteiger charge is 2.15. The number of benzene rings is 2. The molecule has 0 saturated carbocycles. The molecular weight excluding hydrogens is 328 g/mol. The van der Waals surface area contributed by atoms with Crippen LogP contribution in [0.25, 0.3) is 0 Å². The highest BCUT2D eigenvalue weighted by Crippen LogP contribution is 2.15. The predicted molar refractivity (Wildman–Crippen MR) is 104 cm³/mol. The Balaban J connectivity index is 1.88. The first-order chi connectivity index (χ1) is 12.5. The quantitative estimate of drug-likeness (QED) is 0.706. The second-order valence-corrected chi connectivity index (χ2v) is 6.25. The smallest absolute Gasteiger partial charge is 0.265 e. The monoisotopic (exact) mass is 354 g/mol. The fourth-order valence-electron chi connectivity index (χ4n) is 2.30. The van der Waals surface area contributed by atoms with Crippen molar-refractivity contribution in [3.63, 3.8) is 0 Å². The first-order valence-corrected chi connectivity index (χ1v) is 8.92. The van der Waals surface area contributed by atoms with Crippen molar-refractivity contribution in [1.29, 1.82) is 0 Å². The number of hydrogen-bond acceptors (Lipinski definition) is 3. The number of carbonyl (C=O) groups is 2. The molecule has 26 heavy (non-hydrogen) atoms. The van der Waals surface area contributed by atoms with Gasteiger partial charge in [0.1, 0.15) is 5.75 Å². The highest BCUT2D eigenvalue weighted by molar-refractivity contribution is 5.96. The van der Waals surface area contributed by atoms with Crippen LogP contribution in [0.4, 0.5) is 5.69 Å². The van der Waals surface area contributed by atoms with Gasteiger partial charge < -0.3 is 15.4 Å². The van der Waals surface area contributed by atoms with Crippen LogP contribution in [0.5, 0.6) is 5.75 Å². The molecule has 0 heterocycles. The number of unbranched alkanes of at least 4 members (excludes halogenated alkanes) is 1. The maximum absolute atomic E-state index is 12.3. The zero-order chi connectivity index (χ0) is 18.9. The Bertz CT molecular complexity index is 724. The molecule has 2 rings (SSSR count). The van der Waals surface area contributed by atoms with Crippen LogP contribution in [-0.4, -0.2) is 24.5 Å². The number of anilines is 1. The normalized spacial score (nSPS) is 11.5. The lowest BCUT2D eigenvalue weighted by Crippen LogP contribution is -2.30. The molecule has 0 aliphatic carbocycles. The molecule has 0 spiro atoms. The van der Waals surface area contributed by atoms with E-state index in [1.165, 1.54) is 0 Å². The van der Waals surface area contributed by atoms with E-state index in [-0.39, 0.29) is 11.8 Å². The summed E-state index contributed by atoms with van der Waals surface area (Å²) in [5.74, 6) is 0.301. The Labute approximate surface area is 154 Å². The Morgan fingerprint density at radius 1 is 1.04 bits per heavy atom. The average Bonchev–Trinajstić information content (AvgIpc) is 2.64. The number of carbonyl (C=O) groups excluding carboxylic acids is 2. The van der Waals surface area contributed by atoms with Crippen molar-refractivity contribution >= 4 is 17.5 Å². The van der Waals surface area contributed by atoms with E-state index in [1.807, 2.05) is 31.2 Å². The molecule has 1 unspecified atom stereocenters. The van der Waals surface area contributed by atoms with Crippen molar-refractivity contribution in [1.82, 2.24) is 5.32 Å². The lowest BCUT2D eigenvalue weighted by molar-refractivity contribution is -0.122. The second kappa shape index (κ2) is 9.61. The van der Waals surface area contributed by atoms with E-state index in [1.54, 1.807) is 31.2 Å². The van der Waals surface area contributed by atoms with Gasteiger partial charge in [0.2, 0.25) is 0 Å². The first-order valence-electron chi connectivity index (χ1n) is 8.92. The molecule has 0 aromatic heterocycles. The summed E-state index contributed by atoms with van der Waals surface area (Å²) in [6.07, 6.45) is 1.36. The van der Waals surface area contributed by atoms with Gasteiger partial charge in [0.25, 0.3) is 11.8 Å². The summed E-state index contributed by atoms with van der Waals surface area (Å²) in [5, 5.41) is 5.66. The lowest BCUT2D eigenvalue weighted by Gasteiger charge is -2.15. The van der Waals surface area contributed by atoms with Gasteiger partial charge in [-0.2, -0.15) is 0 Å². The molecular formula is C21H26N2O3. The van der Waals surface area contributed by atoms with Crippen LogP contribution < -0.4 is 15.4 Å². The zero-order valence-electron chi connectivity index (χ0n) is 15.5. The summed E-state index contributed by atoms with van der Waals surface area (Å²) in [4.78, 5) is 24.2. The fourth-order valence-corrected chi connectivity index (χ4v) is 2.30. The van der Waals surface area contributed by atoms with E-state index in [0.717, 1.165) is 18.4 Å². The minimum absolute atomic E-state index is 0.104. The number of ether oxygens (including phenoxy) is 1. The SMILES string of the molecule is CCCCNC(=O)c1ccc(NC(=O)C(C)Oc2ccc(C)cc2)cc1. The minimum Gasteiger partial charge on any atom is -0.481 e. The number of nitrogens with one attached hydrogen (secondary N) is 2. The Morgan fingerprint density at radius 3 is 2.31 bits per heavy atom. The van der Waals surface area contributed by atoms with Crippen molar-refractivity contribution < 1.29 is 14.3 Å². The maximum atomic E-state index is 12.3.